The third-order valence-electron chi connectivity index (χ3n) is 2.67. The quantitative estimate of drug-likeness (QED) is 0.667. The maximum atomic E-state index is 6.01. The summed E-state index contributed by atoms with van der Waals surface area (Å²) in [5.41, 5.74) is 5.97. The van der Waals surface area contributed by atoms with Crippen LogP contribution in [0.5, 0.6) is 0 Å². The van der Waals surface area contributed by atoms with Crippen LogP contribution < -0.4 is 5.43 Å². The number of anilines is 1. The van der Waals surface area contributed by atoms with E-state index in [4.69, 9.17) is 23.2 Å². The largest absolute Gasteiger partial charge is 0.260 e. The van der Waals surface area contributed by atoms with Crippen LogP contribution in [-0.4, -0.2) is 10.7 Å². The maximum Gasteiger partial charge on any atom is 0.165 e. The van der Waals surface area contributed by atoms with Crippen molar-refractivity contribution in [1.29, 1.82) is 0 Å². The van der Waals surface area contributed by atoms with E-state index in [9.17, 15) is 0 Å². The Hall–Kier alpha value is -1.58. The third-order valence-corrected chi connectivity index (χ3v) is 3.17. The van der Waals surface area contributed by atoms with E-state index in [-0.39, 0.29) is 0 Å². The van der Waals surface area contributed by atoms with Gasteiger partial charge in [-0.25, -0.2) is 4.98 Å². The minimum atomic E-state index is 0.439. The number of nitrogens with one attached hydrogen (secondary N) is 1. The molecule has 0 radical (unpaired) electrons. The molecule has 1 aromatic heterocycles. The lowest BCUT2D eigenvalue weighted by atomic mass is 10.1. The molecule has 0 saturated carbocycles. The number of benzene rings is 1. The minimum absolute atomic E-state index is 0.439. The molecule has 98 valence electrons. The molecule has 1 heterocycles. The molecule has 0 bridgehead atoms. The number of hydrogen-bond donors (Lipinski definition) is 1. The molecule has 0 aliphatic heterocycles. The summed E-state index contributed by atoms with van der Waals surface area (Å²) >= 11 is 11.8. The van der Waals surface area contributed by atoms with Crippen LogP contribution in [0.1, 0.15) is 18.1 Å². The number of aromatic nitrogens is 1. The molecule has 0 aliphatic rings. The zero-order chi connectivity index (χ0) is 13.8. The first-order chi connectivity index (χ1) is 9.08. The number of hydrogen-bond acceptors (Lipinski definition) is 3. The van der Waals surface area contributed by atoms with Gasteiger partial charge < -0.3 is 0 Å². The number of hydrazone groups is 1. The van der Waals surface area contributed by atoms with Crippen molar-refractivity contribution >= 4 is 34.7 Å². The van der Waals surface area contributed by atoms with Crippen molar-refractivity contribution in [2.75, 3.05) is 5.43 Å². The second-order valence-corrected chi connectivity index (χ2v) is 4.95. The van der Waals surface area contributed by atoms with Crippen molar-refractivity contribution < 1.29 is 0 Å². The fourth-order valence-corrected chi connectivity index (χ4v) is 2.10. The lowest BCUT2D eigenvalue weighted by molar-refractivity contribution is 1.22. The Morgan fingerprint density at radius 2 is 2.00 bits per heavy atom. The van der Waals surface area contributed by atoms with E-state index in [2.05, 4.69) is 15.5 Å². The minimum Gasteiger partial charge on any atom is -0.260 e. The second-order valence-electron chi connectivity index (χ2n) is 4.11. The number of halogens is 2. The predicted octanol–water partition coefficient (Wildman–Crippen LogP) is 4.53. The van der Waals surface area contributed by atoms with E-state index in [0.29, 0.717) is 15.9 Å². The first-order valence-corrected chi connectivity index (χ1v) is 6.51. The summed E-state index contributed by atoms with van der Waals surface area (Å²) in [6.07, 6.45) is 1.52. The van der Waals surface area contributed by atoms with Gasteiger partial charge in [0.2, 0.25) is 0 Å². The summed E-state index contributed by atoms with van der Waals surface area (Å²) in [5.74, 6) is 0.485. The lowest BCUT2D eigenvalue weighted by Gasteiger charge is -2.06. The first kappa shape index (κ1) is 13.8. The molecule has 0 aliphatic carbocycles. The Morgan fingerprint density at radius 1 is 1.26 bits per heavy atom. The summed E-state index contributed by atoms with van der Waals surface area (Å²) in [6.45, 7) is 3.97. The molecule has 0 spiro atoms. The molecule has 0 saturated heterocycles. The predicted molar refractivity (Wildman–Crippen MR) is 81.3 cm³/mol. The number of nitrogens with zero attached hydrogens (tertiary/aromatic N) is 2. The summed E-state index contributed by atoms with van der Waals surface area (Å²) in [6, 6.07) is 9.66. The van der Waals surface area contributed by atoms with Crippen molar-refractivity contribution in [2.45, 2.75) is 13.8 Å². The molecule has 3 nitrogen and oxygen atoms in total. The van der Waals surface area contributed by atoms with Crippen molar-refractivity contribution in [1.82, 2.24) is 4.98 Å². The highest BCUT2D eigenvalue weighted by Gasteiger charge is 2.03. The van der Waals surface area contributed by atoms with Gasteiger partial charge in [0.1, 0.15) is 0 Å². The smallest absolute Gasteiger partial charge is 0.165 e. The highest BCUT2D eigenvalue weighted by atomic mass is 35.5. The highest BCUT2D eigenvalue weighted by Crippen LogP contribution is 2.22. The van der Waals surface area contributed by atoms with Gasteiger partial charge in [-0.2, -0.15) is 5.10 Å². The van der Waals surface area contributed by atoms with Gasteiger partial charge in [-0.15, -0.1) is 0 Å². The Morgan fingerprint density at radius 3 is 2.68 bits per heavy atom. The maximum absolute atomic E-state index is 6.01. The molecular weight excluding hydrogens is 281 g/mol. The number of rotatable bonds is 3. The molecule has 2 rings (SSSR count). The molecule has 1 aromatic carbocycles. The Kier molecular flexibility index (Phi) is 4.40. The van der Waals surface area contributed by atoms with Crippen molar-refractivity contribution in [3.05, 3.63) is 57.7 Å². The fraction of sp³-hybridized carbons (Fsp3) is 0.143. The lowest BCUT2D eigenvalue weighted by Crippen LogP contribution is -2.02. The van der Waals surface area contributed by atoms with Crippen LogP contribution in [0.2, 0.25) is 10.0 Å². The van der Waals surface area contributed by atoms with Crippen LogP contribution in [-0.2, 0) is 0 Å². The van der Waals surface area contributed by atoms with Gasteiger partial charge in [-0.1, -0.05) is 47.5 Å². The molecular formula is C14H13Cl2N3. The molecule has 0 amide bonds. The molecule has 0 fully saturated rings. The van der Waals surface area contributed by atoms with E-state index in [1.807, 2.05) is 38.1 Å². The van der Waals surface area contributed by atoms with Crippen molar-refractivity contribution in [3.63, 3.8) is 0 Å². The first-order valence-electron chi connectivity index (χ1n) is 5.75. The van der Waals surface area contributed by atoms with Gasteiger partial charge >= 0.3 is 0 Å². The molecule has 2 aromatic rings. The van der Waals surface area contributed by atoms with Gasteiger partial charge in [0.25, 0.3) is 0 Å². The monoisotopic (exact) mass is 293 g/mol. The molecule has 0 unspecified atom stereocenters. The Bertz CT molecular complexity index is 624. The normalized spacial score (nSPS) is 11.5. The Labute approximate surface area is 122 Å². The summed E-state index contributed by atoms with van der Waals surface area (Å²) in [5, 5.41) is 5.23. The topological polar surface area (TPSA) is 37.3 Å². The zero-order valence-electron chi connectivity index (χ0n) is 10.6. The molecule has 19 heavy (non-hydrogen) atoms. The zero-order valence-corrected chi connectivity index (χ0v) is 12.1. The average Bonchev–Trinajstić information content (AvgIpc) is 2.38. The fourth-order valence-electron chi connectivity index (χ4n) is 1.67. The van der Waals surface area contributed by atoms with Crippen LogP contribution >= 0.6 is 23.2 Å². The standard InChI is InChI=1S/C14H13Cl2N3/c1-9-5-3-4-6-12(9)10(2)18-19-14-13(16)7-11(15)8-17-14/h3-8H,1-2H3,(H,17,19)/b18-10-. The van der Waals surface area contributed by atoms with Gasteiger partial charge in [0, 0.05) is 11.8 Å². The van der Waals surface area contributed by atoms with E-state index < -0.39 is 0 Å². The Balaban J connectivity index is 2.21. The van der Waals surface area contributed by atoms with E-state index in [1.54, 1.807) is 6.07 Å². The van der Waals surface area contributed by atoms with Crippen molar-refractivity contribution in [2.24, 2.45) is 5.10 Å². The van der Waals surface area contributed by atoms with Gasteiger partial charge in [-0.3, -0.25) is 5.43 Å². The van der Waals surface area contributed by atoms with Crippen LogP contribution in [0.15, 0.2) is 41.6 Å². The van der Waals surface area contributed by atoms with E-state index in [0.717, 1.165) is 11.3 Å². The third kappa shape index (κ3) is 3.46. The average molecular weight is 294 g/mol. The van der Waals surface area contributed by atoms with Crippen molar-refractivity contribution in [3.8, 4) is 0 Å². The molecule has 5 heteroatoms. The second kappa shape index (κ2) is 6.04. The van der Waals surface area contributed by atoms with E-state index in [1.165, 1.54) is 11.8 Å². The van der Waals surface area contributed by atoms with Crippen LogP contribution in [0.3, 0.4) is 0 Å². The van der Waals surface area contributed by atoms with Gasteiger partial charge in [-0.05, 0) is 25.5 Å². The molecule has 0 atom stereocenters. The van der Waals surface area contributed by atoms with Gasteiger partial charge in [0.15, 0.2) is 5.82 Å². The number of pyridine rings is 1. The summed E-state index contributed by atoms with van der Waals surface area (Å²) in [4.78, 5) is 4.08. The highest BCUT2D eigenvalue weighted by molar-refractivity contribution is 6.35. The van der Waals surface area contributed by atoms with Crippen LogP contribution in [0, 0.1) is 6.92 Å². The SMILES string of the molecule is C/C(=N/Nc1ncc(Cl)cc1Cl)c1ccccc1C. The summed E-state index contributed by atoms with van der Waals surface area (Å²) in [7, 11) is 0. The van der Waals surface area contributed by atoms with Gasteiger partial charge in [0.05, 0.1) is 15.8 Å². The van der Waals surface area contributed by atoms with Crippen LogP contribution in [0.25, 0.3) is 0 Å². The summed E-state index contributed by atoms with van der Waals surface area (Å²) < 4.78 is 0. The van der Waals surface area contributed by atoms with Crippen LogP contribution in [0.4, 0.5) is 5.82 Å². The number of aryl methyl sites for hydroxylation is 1. The van der Waals surface area contributed by atoms with E-state index >= 15 is 0 Å². The molecule has 1 N–H and O–H groups in total.